The lowest BCUT2D eigenvalue weighted by Crippen LogP contribution is -2.47. The van der Waals surface area contributed by atoms with Crippen LogP contribution in [0.4, 0.5) is 0 Å². The molecule has 3 heteroatoms. The first kappa shape index (κ1) is 12.9. The number of nitrogens with zero attached hydrogens (tertiary/aromatic N) is 1. The van der Waals surface area contributed by atoms with E-state index in [1.807, 2.05) is 0 Å². The summed E-state index contributed by atoms with van der Waals surface area (Å²) in [5, 5.41) is 9.41. The third-order valence-electron chi connectivity index (χ3n) is 4.79. The average molecular weight is 237 g/mol. The summed E-state index contributed by atoms with van der Waals surface area (Å²) in [7, 11) is 0. The van der Waals surface area contributed by atoms with E-state index in [-0.39, 0.29) is 11.0 Å². The van der Waals surface area contributed by atoms with Crippen LogP contribution in [0.25, 0.3) is 0 Å². The molecule has 0 aromatic rings. The molecule has 0 aromatic heterocycles. The van der Waals surface area contributed by atoms with Crippen LogP contribution in [0.2, 0.25) is 0 Å². The quantitative estimate of drug-likeness (QED) is 0.741. The maximum absolute atomic E-state index is 9.41. The second-order valence-corrected chi connectivity index (χ2v) is 5.72. The van der Waals surface area contributed by atoms with Crippen molar-refractivity contribution in [3.8, 4) is 6.07 Å². The van der Waals surface area contributed by atoms with Crippen molar-refractivity contribution in [2.45, 2.75) is 51.6 Å². The molecule has 2 atom stereocenters. The van der Waals surface area contributed by atoms with E-state index in [1.54, 1.807) is 0 Å². The van der Waals surface area contributed by atoms with Crippen molar-refractivity contribution < 1.29 is 9.47 Å². The highest BCUT2D eigenvalue weighted by atomic mass is 16.5. The van der Waals surface area contributed by atoms with Crippen LogP contribution in [-0.2, 0) is 9.47 Å². The third-order valence-corrected chi connectivity index (χ3v) is 4.79. The van der Waals surface area contributed by atoms with Gasteiger partial charge >= 0.3 is 0 Å². The first-order valence-corrected chi connectivity index (χ1v) is 6.77. The molecule has 2 aliphatic heterocycles. The maximum atomic E-state index is 9.41. The van der Waals surface area contributed by atoms with E-state index in [4.69, 9.17) is 9.47 Å². The second kappa shape index (κ2) is 4.96. The van der Waals surface area contributed by atoms with Crippen LogP contribution in [0.15, 0.2) is 0 Å². The molecule has 2 aliphatic rings. The molecule has 0 aromatic carbocycles. The minimum Gasteiger partial charge on any atom is -0.381 e. The molecule has 2 unspecified atom stereocenters. The van der Waals surface area contributed by atoms with Gasteiger partial charge in [-0.05, 0) is 44.9 Å². The van der Waals surface area contributed by atoms with E-state index >= 15 is 0 Å². The summed E-state index contributed by atoms with van der Waals surface area (Å²) < 4.78 is 11.5. The van der Waals surface area contributed by atoms with Crippen LogP contribution in [0.5, 0.6) is 0 Å². The highest BCUT2D eigenvalue weighted by molar-refractivity contribution is 5.03. The molecule has 96 valence electrons. The largest absolute Gasteiger partial charge is 0.381 e. The minimum absolute atomic E-state index is 0.00838. The molecule has 1 spiro atoms. The van der Waals surface area contributed by atoms with Gasteiger partial charge in [-0.2, -0.15) is 5.26 Å². The van der Waals surface area contributed by atoms with Gasteiger partial charge in [0.25, 0.3) is 0 Å². The predicted octanol–water partition coefficient (Wildman–Crippen LogP) is 2.90. The van der Waals surface area contributed by atoms with E-state index < -0.39 is 0 Å². The first-order chi connectivity index (χ1) is 8.14. The van der Waals surface area contributed by atoms with Gasteiger partial charge in [-0.15, -0.1) is 0 Å². The van der Waals surface area contributed by atoms with E-state index in [1.165, 1.54) is 0 Å². The lowest BCUT2D eigenvalue weighted by molar-refractivity contribution is -0.156. The second-order valence-electron chi connectivity index (χ2n) is 5.72. The number of ether oxygens (including phenoxy) is 2. The third kappa shape index (κ3) is 2.48. The van der Waals surface area contributed by atoms with Crippen LogP contribution in [0.1, 0.15) is 46.0 Å². The molecular weight excluding hydrogens is 214 g/mol. The van der Waals surface area contributed by atoms with Crippen LogP contribution >= 0.6 is 0 Å². The standard InChI is InChI=1S/C14H23NO2/c1-3-13(2,11-15)12-4-7-17-14(10-12)5-8-16-9-6-14/h12H,3-10H2,1-2H3. The zero-order valence-electron chi connectivity index (χ0n) is 11.0. The fourth-order valence-corrected chi connectivity index (χ4v) is 3.12. The maximum Gasteiger partial charge on any atom is 0.0729 e. The first-order valence-electron chi connectivity index (χ1n) is 6.77. The van der Waals surface area contributed by atoms with Crippen molar-refractivity contribution in [3.05, 3.63) is 0 Å². The summed E-state index contributed by atoms with van der Waals surface area (Å²) >= 11 is 0. The van der Waals surface area contributed by atoms with Gasteiger partial charge < -0.3 is 9.47 Å². The van der Waals surface area contributed by atoms with Crippen LogP contribution in [0.3, 0.4) is 0 Å². The Hall–Kier alpha value is -0.590. The minimum atomic E-state index is -0.185. The van der Waals surface area contributed by atoms with Gasteiger partial charge in [-0.25, -0.2) is 0 Å². The molecular formula is C14H23NO2. The monoisotopic (exact) mass is 237 g/mol. The molecule has 2 saturated heterocycles. The SMILES string of the molecule is CCC(C)(C#N)C1CCOC2(CCOCC2)C1. The van der Waals surface area contributed by atoms with E-state index in [0.717, 1.165) is 51.9 Å². The molecule has 2 fully saturated rings. The molecule has 2 rings (SSSR count). The lowest BCUT2D eigenvalue weighted by Gasteiger charge is -2.46. The summed E-state index contributed by atoms with van der Waals surface area (Å²) in [6, 6.07) is 2.53. The van der Waals surface area contributed by atoms with Gasteiger partial charge in [-0.1, -0.05) is 6.92 Å². The Morgan fingerprint density at radius 1 is 1.35 bits per heavy atom. The van der Waals surface area contributed by atoms with Crippen LogP contribution < -0.4 is 0 Å². The van der Waals surface area contributed by atoms with Crippen LogP contribution in [-0.4, -0.2) is 25.4 Å². The Labute approximate surface area is 104 Å². The summed E-state index contributed by atoms with van der Waals surface area (Å²) in [5.74, 6) is 0.476. The van der Waals surface area contributed by atoms with E-state index in [0.29, 0.717) is 5.92 Å². The van der Waals surface area contributed by atoms with Gasteiger partial charge in [0.15, 0.2) is 0 Å². The van der Waals surface area contributed by atoms with Crippen molar-refractivity contribution >= 4 is 0 Å². The fraction of sp³-hybridized carbons (Fsp3) is 0.929. The number of rotatable bonds is 2. The molecule has 0 saturated carbocycles. The molecule has 0 N–H and O–H groups in total. The summed E-state index contributed by atoms with van der Waals surface area (Å²) in [6.07, 6.45) is 4.99. The molecule has 17 heavy (non-hydrogen) atoms. The molecule has 0 aliphatic carbocycles. The molecule has 2 heterocycles. The highest BCUT2D eigenvalue weighted by Crippen LogP contribution is 2.45. The molecule has 3 nitrogen and oxygen atoms in total. The van der Waals surface area contributed by atoms with Crippen molar-refractivity contribution in [2.24, 2.45) is 11.3 Å². The van der Waals surface area contributed by atoms with Crippen molar-refractivity contribution in [1.29, 1.82) is 5.26 Å². The Morgan fingerprint density at radius 2 is 2.06 bits per heavy atom. The van der Waals surface area contributed by atoms with Crippen molar-refractivity contribution in [2.75, 3.05) is 19.8 Å². The highest BCUT2D eigenvalue weighted by Gasteiger charge is 2.44. The Balaban J connectivity index is 2.09. The van der Waals surface area contributed by atoms with Gasteiger partial charge in [0.05, 0.1) is 17.1 Å². The van der Waals surface area contributed by atoms with Gasteiger partial charge in [0.2, 0.25) is 0 Å². The smallest absolute Gasteiger partial charge is 0.0729 e. The molecule has 0 bridgehead atoms. The Kier molecular flexibility index (Phi) is 3.75. The van der Waals surface area contributed by atoms with Gasteiger partial charge in [-0.3, -0.25) is 0 Å². The Bertz CT molecular complexity index is 298. The summed E-state index contributed by atoms with van der Waals surface area (Å²) in [6.45, 7) is 6.65. The zero-order valence-corrected chi connectivity index (χ0v) is 11.0. The average Bonchev–Trinajstić information content (AvgIpc) is 2.39. The van der Waals surface area contributed by atoms with E-state index in [2.05, 4.69) is 19.9 Å². The van der Waals surface area contributed by atoms with E-state index in [9.17, 15) is 5.26 Å². The van der Waals surface area contributed by atoms with Crippen LogP contribution in [0, 0.1) is 22.7 Å². The number of nitriles is 1. The fourth-order valence-electron chi connectivity index (χ4n) is 3.12. The molecule has 0 radical (unpaired) electrons. The van der Waals surface area contributed by atoms with Gasteiger partial charge in [0.1, 0.15) is 0 Å². The topological polar surface area (TPSA) is 42.2 Å². The van der Waals surface area contributed by atoms with Crippen molar-refractivity contribution in [3.63, 3.8) is 0 Å². The summed E-state index contributed by atoms with van der Waals surface area (Å²) in [5.41, 5.74) is -0.177. The van der Waals surface area contributed by atoms with Crippen molar-refractivity contribution in [1.82, 2.24) is 0 Å². The predicted molar refractivity (Wildman–Crippen MR) is 65.5 cm³/mol. The Morgan fingerprint density at radius 3 is 2.65 bits per heavy atom. The number of hydrogen-bond donors (Lipinski definition) is 0. The zero-order chi connectivity index (χ0) is 12.4. The lowest BCUT2D eigenvalue weighted by atomic mass is 9.67. The normalized spacial score (nSPS) is 31.7. The summed E-state index contributed by atoms with van der Waals surface area (Å²) in [4.78, 5) is 0. The van der Waals surface area contributed by atoms with Gasteiger partial charge in [0, 0.05) is 19.8 Å². The number of hydrogen-bond acceptors (Lipinski definition) is 3. The molecule has 0 amide bonds.